The first-order valence-corrected chi connectivity index (χ1v) is 30.0. The predicted octanol–water partition coefficient (Wildman–Crippen LogP) is 3.15. The molecule has 0 aromatic rings. The molecule has 452 valence electrons. The lowest BCUT2D eigenvalue weighted by molar-refractivity contribution is -0.360. The van der Waals surface area contributed by atoms with E-state index in [1.54, 1.807) is 0 Å². The fourth-order valence-corrected chi connectivity index (χ4v) is 10.5. The molecule has 2 heterocycles. The van der Waals surface area contributed by atoms with Crippen LogP contribution in [0.15, 0.2) is 12.2 Å². The second-order valence-electron chi connectivity index (χ2n) is 20.8. The molecule has 3 rings (SSSR count). The monoisotopic (exact) mass is 1130 g/mol. The van der Waals surface area contributed by atoms with E-state index in [2.05, 4.69) is 26.0 Å². The van der Waals surface area contributed by atoms with Gasteiger partial charge in [0.05, 0.1) is 19.8 Å². The summed E-state index contributed by atoms with van der Waals surface area (Å²) < 4.78 is 58.0. The van der Waals surface area contributed by atoms with Crippen molar-refractivity contribution in [2.75, 3.05) is 26.4 Å². The van der Waals surface area contributed by atoms with Gasteiger partial charge in [0.1, 0.15) is 92.1 Å². The third kappa shape index (κ3) is 25.1. The summed E-state index contributed by atoms with van der Waals surface area (Å²) in [6.45, 7) is 0.971. The number of phosphoric ester groups is 1. The first kappa shape index (κ1) is 69.5. The lowest BCUT2D eigenvalue weighted by Crippen LogP contribution is -2.69. The minimum absolute atomic E-state index is 0.0300. The van der Waals surface area contributed by atoms with E-state index in [1.807, 2.05) is 0 Å². The van der Waals surface area contributed by atoms with E-state index in [4.69, 9.17) is 37.5 Å². The number of ether oxygens (including phenoxy) is 6. The minimum atomic E-state index is -5.63. The van der Waals surface area contributed by atoms with Gasteiger partial charge in [-0.05, 0) is 38.5 Å². The number of hydrogen-bond acceptors (Lipinski definition) is 22. The van der Waals surface area contributed by atoms with E-state index in [1.165, 1.54) is 70.6 Å². The van der Waals surface area contributed by atoms with Crippen molar-refractivity contribution in [2.45, 2.75) is 285 Å². The summed E-state index contributed by atoms with van der Waals surface area (Å²) in [5.74, 6) is -1.34. The molecule has 2 aliphatic heterocycles. The Morgan fingerprint density at radius 1 is 0.481 bits per heavy atom. The third-order valence-electron chi connectivity index (χ3n) is 14.3. The van der Waals surface area contributed by atoms with E-state index >= 15 is 0 Å². The molecule has 0 aromatic carbocycles. The Morgan fingerprint density at radius 2 is 0.857 bits per heavy atom. The lowest BCUT2D eigenvalue weighted by atomic mass is 9.84. The zero-order chi connectivity index (χ0) is 56.8. The number of esters is 2. The summed E-state index contributed by atoms with van der Waals surface area (Å²) in [7, 11) is -5.63. The molecule has 18 atom stereocenters. The highest BCUT2D eigenvalue weighted by molar-refractivity contribution is 7.47. The number of allylic oxidation sites excluding steroid dienone is 2. The number of carbonyl (C=O) groups excluding carboxylic acids is 2. The summed E-state index contributed by atoms with van der Waals surface area (Å²) in [6.07, 6.45) is -4.99. The SMILES string of the molecule is CCCCCCCC/C=C\CCCCCCCC(=O)OC[C@H](COP(=O)(O)OC1C(O[C@@H]2OC(CO)[C@H](O)C(O)[C@@H]2O)C(O)C(O)C(O)[C@H]1O[C@H]1OC(CO)[C@@H](O)C(O)[C@H]1O)OC(=O)CCCCCCCCCCCCC. The van der Waals surface area contributed by atoms with Crippen LogP contribution in [0.5, 0.6) is 0 Å². The Morgan fingerprint density at radius 3 is 1.27 bits per heavy atom. The maximum absolute atomic E-state index is 14.0. The average molecular weight is 1130 g/mol. The first-order chi connectivity index (χ1) is 36.9. The minimum Gasteiger partial charge on any atom is -0.462 e. The average Bonchev–Trinajstić information content (AvgIpc) is 3.41. The van der Waals surface area contributed by atoms with Crippen molar-refractivity contribution in [2.24, 2.45) is 0 Å². The van der Waals surface area contributed by atoms with Gasteiger partial charge in [0, 0.05) is 12.8 Å². The van der Waals surface area contributed by atoms with Crippen LogP contribution >= 0.6 is 7.82 Å². The maximum Gasteiger partial charge on any atom is 0.472 e. The van der Waals surface area contributed by atoms with Crippen LogP contribution in [-0.4, -0.2) is 204 Å². The molecular weight excluding hydrogens is 1040 g/mol. The van der Waals surface area contributed by atoms with Crippen molar-refractivity contribution in [1.29, 1.82) is 0 Å². The molecule has 3 aliphatic rings. The molecule has 12 N–H and O–H groups in total. The molecule has 0 bridgehead atoms. The number of phosphoric acid groups is 1. The highest BCUT2D eigenvalue weighted by Gasteiger charge is 2.58. The van der Waals surface area contributed by atoms with Gasteiger partial charge >= 0.3 is 19.8 Å². The standard InChI is InChI=1S/C53H97O23P/c1-3-5-7-9-11-13-15-16-17-18-20-21-23-25-27-29-38(56)69-33-35(71-39(57)30-28-26-24-22-19-14-12-10-8-6-4-2)34-70-77(67,68)76-51-49(74-52-47(65)42(60)40(58)36(31-54)72-52)45(63)44(62)46(64)50(51)75-53-48(66)43(61)41(59)37(32-55)73-53/h16-17,35-37,40-55,58-66H,3-15,18-34H2,1-2H3,(H,67,68)/b17-16-/t35-,36?,37?,40-,41+,42?,43?,44?,45?,46?,47-,48+,49-,50?,51?,52-,53+/m1/s1. The van der Waals surface area contributed by atoms with Gasteiger partial charge < -0.3 is 89.5 Å². The number of unbranched alkanes of at least 4 members (excludes halogenated alkanes) is 21. The molecule has 77 heavy (non-hydrogen) atoms. The fourth-order valence-electron chi connectivity index (χ4n) is 9.53. The Bertz CT molecular complexity index is 1590. The van der Waals surface area contributed by atoms with Crippen molar-refractivity contribution < 1.29 is 113 Å². The Hall–Kier alpha value is -1.81. The topological polar surface area (TPSA) is 368 Å². The smallest absolute Gasteiger partial charge is 0.462 e. The van der Waals surface area contributed by atoms with Gasteiger partial charge in [-0.3, -0.25) is 18.6 Å². The van der Waals surface area contributed by atoms with Crippen molar-refractivity contribution in [1.82, 2.24) is 0 Å². The zero-order valence-electron chi connectivity index (χ0n) is 45.5. The van der Waals surface area contributed by atoms with Crippen LogP contribution < -0.4 is 0 Å². The molecule has 2 saturated heterocycles. The molecule has 1 aliphatic carbocycles. The lowest BCUT2D eigenvalue weighted by Gasteiger charge is -2.49. The highest BCUT2D eigenvalue weighted by atomic mass is 31.2. The van der Waals surface area contributed by atoms with E-state index in [0.29, 0.717) is 12.8 Å². The van der Waals surface area contributed by atoms with E-state index < -0.39 is 150 Å². The molecule has 10 unspecified atom stereocenters. The second kappa shape index (κ2) is 38.8. The summed E-state index contributed by atoms with van der Waals surface area (Å²) in [4.78, 5) is 37.4. The normalized spacial score (nSPS) is 32.0. The molecule has 0 amide bonds. The van der Waals surface area contributed by atoms with Gasteiger partial charge in [0.2, 0.25) is 0 Å². The van der Waals surface area contributed by atoms with Crippen LogP contribution in [0.3, 0.4) is 0 Å². The van der Waals surface area contributed by atoms with Gasteiger partial charge in [-0.2, -0.15) is 0 Å². The summed E-state index contributed by atoms with van der Waals surface area (Å²) in [5, 5.41) is 116. The molecule has 1 saturated carbocycles. The van der Waals surface area contributed by atoms with E-state index in [-0.39, 0.29) is 12.8 Å². The van der Waals surface area contributed by atoms with Crippen LogP contribution in [-0.2, 0) is 51.6 Å². The van der Waals surface area contributed by atoms with Crippen molar-refractivity contribution >= 4 is 19.8 Å². The van der Waals surface area contributed by atoms with Crippen molar-refractivity contribution in [3.63, 3.8) is 0 Å². The number of rotatable bonds is 41. The van der Waals surface area contributed by atoms with Crippen molar-refractivity contribution in [3.05, 3.63) is 12.2 Å². The first-order valence-electron chi connectivity index (χ1n) is 28.5. The van der Waals surface area contributed by atoms with Gasteiger partial charge in [-0.15, -0.1) is 0 Å². The van der Waals surface area contributed by atoms with Crippen molar-refractivity contribution in [3.8, 4) is 0 Å². The predicted molar refractivity (Wildman–Crippen MR) is 277 cm³/mol. The number of carbonyl (C=O) groups is 2. The van der Waals surface area contributed by atoms with Crippen LogP contribution in [0.4, 0.5) is 0 Å². The maximum atomic E-state index is 14.0. The number of aliphatic hydroxyl groups excluding tert-OH is 11. The van der Waals surface area contributed by atoms with Crippen LogP contribution in [0, 0.1) is 0 Å². The largest absolute Gasteiger partial charge is 0.472 e. The van der Waals surface area contributed by atoms with Gasteiger partial charge in [-0.1, -0.05) is 142 Å². The van der Waals surface area contributed by atoms with Gasteiger partial charge in [0.25, 0.3) is 0 Å². The Balaban J connectivity index is 1.72. The van der Waals surface area contributed by atoms with Gasteiger partial charge in [0.15, 0.2) is 18.7 Å². The summed E-state index contributed by atoms with van der Waals surface area (Å²) in [5.41, 5.74) is 0. The zero-order valence-corrected chi connectivity index (χ0v) is 46.4. The summed E-state index contributed by atoms with van der Waals surface area (Å²) in [6, 6.07) is 0. The molecule has 23 nitrogen and oxygen atoms in total. The molecular formula is C53H97O23P. The van der Waals surface area contributed by atoms with Crippen LogP contribution in [0.1, 0.15) is 181 Å². The molecule has 3 fully saturated rings. The summed E-state index contributed by atoms with van der Waals surface area (Å²) >= 11 is 0. The Labute approximate surface area is 454 Å². The molecule has 0 spiro atoms. The van der Waals surface area contributed by atoms with Crippen LogP contribution in [0.25, 0.3) is 0 Å². The fraction of sp³-hybridized carbons (Fsp3) is 0.925. The number of hydrogen-bond donors (Lipinski definition) is 12. The van der Waals surface area contributed by atoms with Crippen LogP contribution in [0.2, 0.25) is 0 Å². The van der Waals surface area contributed by atoms with E-state index in [0.717, 1.165) is 70.6 Å². The second-order valence-corrected chi connectivity index (χ2v) is 22.2. The Kier molecular flexibility index (Phi) is 35.0. The number of aliphatic hydroxyl groups is 11. The quantitative estimate of drug-likeness (QED) is 0.0181. The molecule has 0 radical (unpaired) electrons. The van der Waals surface area contributed by atoms with Gasteiger partial charge in [-0.25, -0.2) is 4.57 Å². The molecule has 24 heteroatoms. The third-order valence-corrected chi connectivity index (χ3v) is 15.3. The highest BCUT2D eigenvalue weighted by Crippen LogP contribution is 2.49. The molecule has 0 aromatic heterocycles. The van der Waals surface area contributed by atoms with E-state index in [9.17, 15) is 75.2 Å².